The van der Waals surface area contributed by atoms with E-state index in [9.17, 15) is 14.7 Å². The molecule has 196 valence electrons. The maximum absolute atomic E-state index is 12.9. The molecule has 0 saturated heterocycles. The number of hydrogen-bond acceptors (Lipinski definition) is 5. The Labute approximate surface area is 215 Å². The van der Waals surface area contributed by atoms with Crippen molar-refractivity contribution in [3.05, 3.63) is 65.2 Å². The van der Waals surface area contributed by atoms with E-state index in [-0.39, 0.29) is 11.8 Å². The second-order valence-corrected chi connectivity index (χ2v) is 10.0. The Morgan fingerprint density at radius 3 is 2.67 bits per heavy atom. The Balaban J connectivity index is 1.70. The summed E-state index contributed by atoms with van der Waals surface area (Å²) in [5, 5.41) is 20.1. The number of rotatable bonds is 6. The van der Waals surface area contributed by atoms with Crippen molar-refractivity contribution in [3.63, 3.8) is 0 Å². The van der Waals surface area contributed by atoms with Crippen LogP contribution in [0.1, 0.15) is 69.1 Å². The third-order valence-electron chi connectivity index (χ3n) is 6.53. The standard InChI is InChI=1S/C29H41N3O4/c1-20(2)24-11-7-10-23(15-24)18-30-19-27(33)26-17-22-9-8-12-25(16-22)36-14-6-4-5-13-28(34)31-21(3)29(35)32-26/h7-12,15-16,20-21,26-27,30,33H,4-6,13-14,17-19H2,1-3H3,(H,31,34)(H,32,35)/t21-,26-,27+/m0/s1. The number of fused-ring (bicyclic) bond motifs is 2. The summed E-state index contributed by atoms with van der Waals surface area (Å²) in [6, 6.07) is 15.0. The molecular weight excluding hydrogens is 454 g/mol. The van der Waals surface area contributed by atoms with Crippen LogP contribution in [-0.4, -0.2) is 48.3 Å². The number of nitrogens with one attached hydrogen (secondary N) is 3. The van der Waals surface area contributed by atoms with Crippen molar-refractivity contribution in [1.82, 2.24) is 16.0 Å². The van der Waals surface area contributed by atoms with Crippen LogP contribution >= 0.6 is 0 Å². The Kier molecular flexibility index (Phi) is 10.8. The predicted molar refractivity (Wildman–Crippen MR) is 142 cm³/mol. The van der Waals surface area contributed by atoms with Gasteiger partial charge in [-0.25, -0.2) is 0 Å². The molecule has 0 fully saturated rings. The molecule has 3 atom stereocenters. The van der Waals surface area contributed by atoms with E-state index < -0.39 is 18.2 Å². The smallest absolute Gasteiger partial charge is 0.242 e. The summed E-state index contributed by atoms with van der Waals surface area (Å²) in [5.74, 6) is 0.773. The monoisotopic (exact) mass is 495 g/mol. The number of aliphatic hydroxyl groups is 1. The van der Waals surface area contributed by atoms with Gasteiger partial charge in [0, 0.05) is 19.5 Å². The molecule has 2 bridgehead atoms. The maximum Gasteiger partial charge on any atom is 0.242 e. The van der Waals surface area contributed by atoms with E-state index in [1.807, 2.05) is 24.3 Å². The van der Waals surface area contributed by atoms with Crippen LogP contribution in [0.25, 0.3) is 0 Å². The zero-order valence-corrected chi connectivity index (χ0v) is 21.8. The van der Waals surface area contributed by atoms with Gasteiger partial charge in [0.2, 0.25) is 11.8 Å². The fourth-order valence-corrected chi connectivity index (χ4v) is 4.31. The van der Waals surface area contributed by atoms with Gasteiger partial charge in [-0.3, -0.25) is 9.59 Å². The van der Waals surface area contributed by atoms with Gasteiger partial charge in [0.1, 0.15) is 11.8 Å². The molecule has 1 heterocycles. The fourth-order valence-electron chi connectivity index (χ4n) is 4.31. The lowest BCUT2D eigenvalue weighted by atomic mass is 9.99. The van der Waals surface area contributed by atoms with E-state index >= 15 is 0 Å². The number of aliphatic hydroxyl groups excluding tert-OH is 1. The zero-order valence-electron chi connectivity index (χ0n) is 21.8. The number of carbonyl (C=O) groups is 2. The lowest BCUT2D eigenvalue weighted by molar-refractivity contribution is -0.129. The summed E-state index contributed by atoms with van der Waals surface area (Å²) in [6.07, 6.45) is 2.48. The first kappa shape index (κ1) is 27.7. The van der Waals surface area contributed by atoms with Crippen LogP contribution in [0.5, 0.6) is 5.75 Å². The molecule has 1 aliphatic heterocycles. The quantitative estimate of drug-likeness (QED) is 0.492. The number of benzene rings is 2. The molecule has 0 saturated carbocycles. The molecule has 1 aliphatic rings. The zero-order chi connectivity index (χ0) is 25.9. The van der Waals surface area contributed by atoms with E-state index in [1.54, 1.807) is 6.92 Å². The molecule has 0 aliphatic carbocycles. The van der Waals surface area contributed by atoms with Crippen LogP contribution in [-0.2, 0) is 22.6 Å². The van der Waals surface area contributed by atoms with Crippen molar-refractivity contribution < 1.29 is 19.4 Å². The summed E-state index contributed by atoms with van der Waals surface area (Å²) in [4.78, 5) is 25.1. The van der Waals surface area contributed by atoms with Gasteiger partial charge in [-0.1, -0.05) is 50.2 Å². The first-order chi connectivity index (χ1) is 17.3. The van der Waals surface area contributed by atoms with Crippen molar-refractivity contribution in [2.75, 3.05) is 13.2 Å². The Hall–Kier alpha value is -2.90. The summed E-state index contributed by atoms with van der Waals surface area (Å²) < 4.78 is 5.89. The van der Waals surface area contributed by atoms with Crippen molar-refractivity contribution >= 4 is 11.8 Å². The molecule has 0 aromatic heterocycles. The fraction of sp³-hybridized carbons (Fsp3) is 0.517. The van der Waals surface area contributed by atoms with Crippen molar-refractivity contribution in [2.24, 2.45) is 0 Å². The molecule has 2 amide bonds. The van der Waals surface area contributed by atoms with Crippen molar-refractivity contribution in [3.8, 4) is 5.75 Å². The van der Waals surface area contributed by atoms with Crippen LogP contribution in [0.15, 0.2) is 48.5 Å². The van der Waals surface area contributed by atoms with Gasteiger partial charge < -0.3 is 25.8 Å². The van der Waals surface area contributed by atoms with Gasteiger partial charge in [0.25, 0.3) is 0 Å². The molecule has 0 radical (unpaired) electrons. The average Bonchev–Trinajstić information content (AvgIpc) is 2.85. The van der Waals surface area contributed by atoms with E-state index in [2.05, 4.69) is 54.1 Å². The minimum absolute atomic E-state index is 0.140. The molecule has 7 nitrogen and oxygen atoms in total. The molecule has 0 spiro atoms. The van der Waals surface area contributed by atoms with Gasteiger partial charge >= 0.3 is 0 Å². The molecule has 4 N–H and O–H groups in total. The van der Waals surface area contributed by atoms with E-state index in [0.717, 1.165) is 36.1 Å². The van der Waals surface area contributed by atoms with Crippen LogP contribution < -0.4 is 20.7 Å². The Morgan fingerprint density at radius 2 is 1.86 bits per heavy atom. The van der Waals surface area contributed by atoms with Gasteiger partial charge in [-0.2, -0.15) is 0 Å². The highest BCUT2D eigenvalue weighted by atomic mass is 16.5. The summed E-state index contributed by atoms with van der Waals surface area (Å²) in [6.45, 7) is 7.53. The van der Waals surface area contributed by atoms with Gasteiger partial charge in [0.15, 0.2) is 0 Å². The highest BCUT2D eigenvalue weighted by molar-refractivity contribution is 5.87. The van der Waals surface area contributed by atoms with E-state index in [1.165, 1.54) is 5.56 Å². The minimum atomic E-state index is -0.825. The lowest BCUT2D eigenvalue weighted by Crippen LogP contribution is -2.54. The predicted octanol–water partition coefficient (Wildman–Crippen LogP) is 3.45. The highest BCUT2D eigenvalue weighted by Crippen LogP contribution is 2.18. The molecule has 2 aromatic rings. The Bertz CT molecular complexity index is 994. The molecule has 7 heteroatoms. The average molecular weight is 496 g/mol. The van der Waals surface area contributed by atoms with Crippen LogP contribution in [0.3, 0.4) is 0 Å². The first-order valence-electron chi connectivity index (χ1n) is 13.1. The van der Waals surface area contributed by atoms with Gasteiger partial charge in [-0.05, 0) is 67.3 Å². The lowest BCUT2D eigenvalue weighted by Gasteiger charge is -2.27. The molecule has 3 rings (SSSR count). The van der Waals surface area contributed by atoms with E-state index in [4.69, 9.17) is 4.74 Å². The summed E-state index contributed by atoms with van der Waals surface area (Å²) in [5.41, 5.74) is 3.39. The molecule has 2 aromatic carbocycles. The largest absolute Gasteiger partial charge is 0.494 e. The topological polar surface area (TPSA) is 99.7 Å². The molecule has 0 unspecified atom stereocenters. The number of hydrogen-bond donors (Lipinski definition) is 4. The molecule has 36 heavy (non-hydrogen) atoms. The minimum Gasteiger partial charge on any atom is -0.494 e. The number of ether oxygens (including phenoxy) is 1. The van der Waals surface area contributed by atoms with Gasteiger partial charge in [-0.15, -0.1) is 0 Å². The Morgan fingerprint density at radius 1 is 1.06 bits per heavy atom. The number of carbonyl (C=O) groups excluding carboxylic acids is 2. The third-order valence-corrected chi connectivity index (χ3v) is 6.53. The van der Waals surface area contributed by atoms with Crippen LogP contribution in [0.2, 0.25) is 0 Å². The second-order valence-electron chi connectivity index (χ2n) is 10.0. The van der Waals surface area contributed by atoms with E-state index in [0.29, 0.717) is 38.5 Å². The van der Waals surface area contributed by atoms with Gasteiger partial charge in [0.05, 0.1) is 18.8 Å². The summed E-state index contributed by atoms with van der Waals surface area (Å²) >= 11 is 0. The SMILES string of the molecule is CC(C)c1cccc(CNC[C@@H](O)[C@@H]2Cc3cccc(c3)OCCCCCC(=O)N[C@@H](C)C(=O)N2)c1. The normalized spacial score (nSPS) is 20.8. The second kappa shape index (κ2) is 14.0. The third kappa shape index (κ3) is 8.95. The van der Waals surface area contributed by atoms with Crippen LogP contribution in [0.4, 0.5) is 0 Å². The van der Waals surface area contributed by atoms with Crippen molar-refractivity contribution in [1.29, 1.82) is 0 Å². The summed E-state index contributed by atoms with van der Waals surface area (Å²) in [7, 11) is 0. The van der Waals surface area contributed by atoms with Crippen molar-refractivity contribution in [2.45, 2.75) is 83.5 Å². The highest BCUT2D eigenvalue weighted by Gasteiger charge is 2.25. The molecular formula is C29H41N3O4. The number of amides is 2. The maximum atomic E-state index is 12.9. The van der Waals surface area contributed by atoms with Crippen LogP contribution in [0, 0.1) is 0 Å². The first-order valence-corrected chi connectivity index (χ1v) is 13.1.